The number of rotatable bonds is 7. The topological polar surface area (TPSA) is 49.9 Å². The minimum absolute atomic E-state index is 0.0260. The first kappa shape index (κ1) is 19.3. The smallest absolute Gasteiger partial charge is 0.226 e. The van der Waals surface area contributed by atoms with Crippen LogP contribution in [0.2, 0.25) is 0 Å². The molecule has 2 amide bonds. The fourth-order valence-corrected chi connectivity index (χ4v) is 3.31. The predicted octanol–water partition coefficient (Wildman–Crippen LogP) is 3.08. The monoisotopic (exact) mass is 346 g/mol. The van der Waals surface area contributed by atoms with E-state index in [4.69, 9.17) is 4.74 Å². The molecular formula is C20H30N2O3. The summed E-state index contributed by atoms with van der Waals surface area (Å²) in [5, 5.41) is 0. The summed E-state index contributed by atoms with van der Waals surface area (Å²) >= 11 is 0. The maximum Gasteiger partial charge on any atom is 0.226 e. The van der Waals surface area contributed by atoms with Crippen molar-refractivity contribution in [3.63, 3.8) is 0 Å². The highest BCUT2D eigenvalue weighted by Gasteiger charge is 2.29. The predicted molar refractivity (Wildman–Crippen MR) is 98.3 cm³/mol. The van der Waals surface area contributed by atoms with Gasteiger partial charge in [-0.1, -0.05) is 25.5 Å². The number of piperidine rings is 1. The summed E-state index contributed by atoms with van der Waals surface area (Å²) in [5.41, 5.74) is 1.09. The van der Waals surface area contributed by atoms with Gasteiger partial charge in [0, 0.05) is 39.0 Å². The quantitative estimate of drug-likeness (QED) is 0.762. The van der Waals surface area contributed by atoms with Gasteiger partial charge < -0.3 is 14.5 Å². The number of nitrogens with zero attached hydrogens (tertiary/aromatic N) is 2. The molecule has 5 nitrogen and oxygen atoms in total. The molecule has 0 aromatic heterocycles. The Morgan fingerprint density at radius 3 is 2.60 bits per heavy atom. The summed E-state index contributed by atoms with van der Waals surface area (Å²) in [4.78, 5) is 28.3. The van der Waals surface area contributed by atoms with Crippen LogP contribution in [-0.4, -0.2) is 48.4 Å². The molecule has 1 aliphatic heterocycles. The number of ether oxygens (including phenoxy) is 1. The van der Waals surface area contributed by atoms with Gasteiger partial charge in [0.1, 0.15) is 5.75 Å². The summed E-state index contributed by atoms with van der Waals surface area (Å²) < 4.78 is 5.29. The molecule has 138 valence electrons. The van der Waals surface area contributed by atoms with Crippen LogP contribution in [0.3, 0.4) is 0 Å². The second-order valence-electron chi connectivity index (χ2n) is 6.75. The third-order valence-electron chi connectivity index (χ3n) is 4.89. The number of likely N-dealkylation sites (tertiary alicyclic amines) is 1. The van der Waals surface area contributed by atoms with Gasteiger partial charge in [-0.25, -0.2) is 0 Å². The summed E-state index contributed by atoms with van der Waals surface area (Å²) in [7, 11) is 1.65. The highest BCUT2D eigenvalue weighted by Crippen LogP contribution is 2.22. The molecule has 0 unspecified atom stereocenters. The van der Waals surface area contributed by atoms with Crippen LogP contribution in [0, 0.1) is 5.92 Å². The van der Waals surface area contributed by atoms with E-state index in [-0.39, 0.29) is 17.7 Å². The van der Waals surface area contributed by atoms with Crippen molar-refractivity contribution in [2.75, 3.05) is 26.7 Å². The number of hydrogen-bond acceptors (Lipinski definition) is 3. The number of unbranched alkanes of at least 4 members (excludes halogenated alkanes) is 1. The third kappa shape index (κ3) is 5.48. The average molecular weight is 346 g/mol. The van der Waals surface area contributed by atoms with Crippen LogP contribution in [0.4, 0.5) is 0 Å². The van der Waals surface area contributed by atoms with Crippen LogP contribution >= 0.6 is 0 Å². The number of hydrogen-bond donors (Lipinski definition) is 0. The van der Waals surface area contributed by atoms with Crippen molar-refractivity contribution in [3.05, 3.63) is 29.8 Å². The molecule has 2 rings (SSSR count). The molecule has 1 aromatic carbocycles. The van der Waals surface area contributed by atoms with Crippen LogP contribution < -0.4 is 4.74 Å². The van der Waals surface area contributed by atoms with Crippen molar-refractivity contribution in [2.45, 2.75) is 46.1 Å². The molecule has 5 heteroatoms. The molecule has 1 saturated heterocycles. The minimum atomic E-state index is 0.0260. The lowest BCUT2D eigenvalue weighted by Gasteiger charge is -2.34. The first-order valence-electron chi connectivity index (χ1n) is 9.22. The molecule has 1 aromatic rings. The second-order valence-corrected chi connectivity index (χ2v) is 6.75. The van der Waals surface area contributed by atoms with Crippen molar-refractivity contribution in [1.82, 2.24) is 9.80 Å². The molecule has 0 N–H and O–H groups in total. The van der Waals surface area contributed by atoms with Crippen molar-refractivity contribution in [1.29, 1.82) is 0 Å². The van der Waals surface area contributed by atoms with Gasteiger partial charge in [0.05, 0.1) is 7.11 Å². The Morgan fingerprint density at radius 1 is 1.28 bits per heavy atom. The average Bonchev–Trinajstić information content (AvgIpc) is 2.64. The number of carbonyl (C=O) groups is 2. The maximum absolute atomic E-state index is 13.0. The molecule has 0 atom stereocenters. The van der Waals surface area contributed by atoms with E-state index < -0.39 is 0 Å². The molecule has 0 saturated carbocycles. The molecule has 1 heterocycles. The van der Waals surface area contributed by atoms with Gasteiger partial charge in [0.2, 0.25) is 11.8 Å². The molecule has 1 aliphatic rings. The van der Waals surface area contributed by atoms with Crippen LogP contribution in [0.5, 0.6) is 5.75 Å². The lowest BCUT2D eigenvalue weighted by atomic mass is 9.94. The molecule has 1 fully saturated rings. The highest BCUT2D eigenvalue weighted by atomic mass is 16.5. The second kappa shape index (κ2) is 9.44. The lowest BCUT2D eigenvalue weighted by molar-refractivity contribution is -0.140. The summed E-state index contributed by atoms with van der Waals surface area (Å²) in [6.45, 7) is 6.50. The van der Waals surface area contributed by atoms with Gasteiger partial charge in [-0.05, 0) is 37.0 Å². The lowest BCUT2D eigenvalue weighted by Crippen LogP contribution is -2.43. The SMILES string of the molecule is CCCCN(Cc1cccc(OC)c1)C(=O)C1CCN(C(C)=O)CC1. The van der Waals surface area contributed by atoms with Crippen LogP contribution in [0.1, 0.15) is 45.1 Å². The highest BCUT2D eigenvalue weighted by molar-refractivity contribution is 5.79. The fraction of sp³-hybridized carbons (Fsp3) is 0.600. The van der Waals surface area contributed by atoms with Crippen LogP contribution in [-0.2, 0) is 16.1 Å². The van der Waals surface area contributed by atoms with Gasteiger partial charge in [0.25, 0.3) is 0 Å². The molecule has 0 spiro atoms. The van der Waals surface area contributed by atoms with E-state index in [0.717, 1.165) is 43.5 Å². The van der Waals surface area contributed by atoms with E-state index in [9.17, 15) is 9.59 Å². The van der Waals surface area contributed by atoms with E-state index >= 15 is 0 Å². The van der Waals surface area contributed by atoms with Crippen molar-refractivity contribution >= 4 is 11.8 Å². The van der Waals surface area contributed by atoms with Gasteiger partial charge in [-0.3, -0.25) is 9.59 Å². The molecule has 25 heavy (non-hydrogen) atoms. The van der Waals surface area contributed by atoms with E-state index in [1.54, 1.807) is 14.0 Å². The Labute approximate surface area is 150 Å². The first-order chi connectivity index (χ1) is 12.0. The first-order valence-corrected chi connectivity index (χ1v) is 9.22. The molecule has 0 radical (unpaired) electrons. The van der Waals surface area contributed by atoms with Gasteiger partial charge in [-0.15, -0.1) is 0 Å². The van der Waals surface area contributed by atoms with E-state index in [1.807, 2.05) is 34.1 Å². The summed E-state index contributed by atoms with van der Waals surface area (Å²) in [5.74, 6) is 1.16. The number of amides is 2. The maximum atomic E-state index is 13.0. The van der Waals surface area contributed by atoms with E-state index in [0.29, 0.717) is 19.6 Å². The zero-order valence-electron chi connectivity index (χ0n) is 15.7. The van der Waals surface area contributed by atoms with Crippen molar-refractivity contribution in [3.8, 4) is 5.75 Å². The number of methoxy groups -OCH3 is 1. The Balaban J connectivity index is 2.03. The fourth-order valence-electron chi connectivity index (χ4n) is 3.31. The summed E-state index contributed by atoms with van der Waals surface area (Å²) in [6.07, 6.45) is 3.59. The van der Waals surface area contributed by atoms with Gasteiger partial charge in [-0.2, -0.15) is 0 Å². The number of carbonyl (C=O) groups excluding carboxylic acids is 2. The Kier molecular flexibility index (Phi) is 7.29. The van der Waals surface area contributed by atoms with E-state index in [1.165, 1.54) is 0 Å². The van der Waals surface area contributed by atoms with Crippen molar-refractivity contribution < 1.29 is 14.3 Å². The van der Waals surface area contributed by atoms with Crippen molar-refractivity contribution in [2.24, 2.45) is 5.92 Å². The normalized spacial score (nSPS) is 15.1. The standard InChI is InChI=1S/C20H30N2O3/c1-4-5-11-22(15-17-7-6-8-19(14-17)25-3)20(24)18-9-12-21(13-10-18)16(2)23/h6-8,14,18H,4-5,9-13,15H2,1-3H3. The van der Waals surface area contributed by atoms with Crippen LogP contribution in [0.15, 0.2) is 24.3 Å². The molecule has 0 bridgehead atoms. The van der Waals surface area contributed by atoms with Gasteiger partial charge in [0.15, 0.2) is 0 Å². The van der Waals surface area contributed by atoms with E-state index in [2.05, 4.69) is 6.92 Å². The molecular weight excluding hydrogens is 316 g/mol. The Morgan fingerprint density at radius 2 is 2.00 bits per heavy atom. The molecule has 0 aliphatic carbocycles. The minimum Gasteiger partial charge on any atom is -0.497 e. The largest absolute Gasteiger partial charge is 0.497 e. The number of benzene rings is 1. The zero-order valence-corrected chi connectivity index (χ0v) is 15.7. The van der Waals surface area contributed by atoms with Gasteiger partial charge >= 0.3 is 0 Å². The Bertz CT molecular complexity index is 580. The van der Waals surface area contributed by atoms with Crippen LogP contribution in [0.25, 0.3) is 0 Å². The third-order valence-corrected chi connectivity index (χ3v) is 4.89. The zero-order chi connectivity index (χ0) is 18.2. The summed E-state index contributed by atoms with van der Waals surface area (Å²) in [6, 6.07) is 7.90. The Hall–Kier alpha value is -2.04.